The van der Waals surface area contributed by atoms with Crippen LogP contribution in [0.5, 0.6) is 11.5 Å². The quantitative estimate of drug-likeness (QED) is 0.0177. The Morgan fingerprint density at radius 1 is 0.329 bits per heavy atom. The molecule has 0 aliphatic heterocycles. The number of carbonyl (C=O) groups is 2. The second-order valence-corrected chi connectivity index (χ2v) is 19.9. The summed E-state index contributed by atoms with van der Waals surface area (Å²) in [5.74, 6) is 1.03. The molecule has 0 saturated carbocycles. The van der Waals surface area contributed by atoms with Crippen LogP contribution in [0.15, 0.2) is 84.9 Å². The van der Waals surface area contributed by atoms with E-state index in [9.17, 15) is 9.59 Å². The average Bonchev–Trinajstić information content (AvgIpc) is 3.37. The molecule has 6 rings (SSSR count). The van der Waals surface area contributed by atoms with Gasteiger partial charge in [0.2, 0.25) is 0 Å². The topological polar surface area (TPSA) is 71.1 Å². The van der Waals surface area contributed by atoms with Crippen LogP contribution >= 0.6 is 0 Å². The fourth-order valence-electron chi connectivity index (χ4n) is 10.3. The van der Waals surface area contributed by atoms with Gasteiger partial charge in [-0.05, 0) is 82.3 Å². The van der Waals surface area contributed by atoms with Gasteiger partial charge in [0.25, 0.3) is 0 Å². The molecule has 378 valence electrons. The van der Waals surface area contributed by atoms with Crippen LogP contribution in [0.3, 0.4) is 0 Å². The Kier molecular flexibility index (Phi) is 23.7. The third-order valence-corrected chi connectivity index (χ3v) is 14.3. The van der Waals surface area contributed by atoms with Gasteiger partial charge in [-0.15, -0.1) is 0 Å². The first-order valence-corrected chi connectivity index (χ1v) is 28.1. The maximum absolute atomic E-state index is 13.7. The summed E-state index contributed by atoms with van der Waals surface area (Å²) < 4.78 is 24.2. The van der Waals surface area contributed by atoms with Crippen LogP contribution in [0.25, 0.3) is 54.2 Å². The van der Waals surface area contributed by atoms with Crippen molar-refractivity contribution in [2.24, 2.45) is 0 Å². The molecule has 0 aliphatic rings. The van der Waals surface area contributed by atoms with Crippen molar-refractivity contribution in [3.05, 3.63) is 96.1 Å². The van der Waals surface area contributed by atoms with Crippen LogP contribution in [0.4, 0.5) is 9.59 Å². The molecule has 0 N–H and O–H groups in total. The number of benzene rings is 6. The van der Waals surface area contributed by atoms with Gasteiger partial charge in [-0.2, -0.15) is 0 Å². The van der Waals surface area contributed by atoms with Crippen molar-refractivity contribution < 1.29 is 28.5 Å². The minimum atomic E-state index is -0.670. The van der Waals surface area contributed by atoms with Crippen LogP contribution in [0.2, 0.25) is 0 Å². The van der Waals surface area contributed by atoms with E-state index < -0.39 is 12.3 Å². The zero-order valence-electron chi connectivity index (χ0n) is 43.7. The summed E-state index contributed by atoms with van der Waals surface area (Å²) >= 11 is 0. The zero-order chi connectivity index (χ0) is 49.2. The summed E-state index contributed by atoms with van der Waals surface area (Å²) in [7, 11) is 0. The number of hydrogen-bond acceptors (Lipinski definition) is 6. The smallest absolute Gasteiger partial charge is 0.434 e. The highest BCUT2D eigenvalue weighted by Crippen LogP contribution is 2.50. The van der Waals surface area contributed by atoms with E-state index in [4.69, 9.17) is 18.9 Å². The van der Waals surface area contributed by atoms with Crippen molar-refractivity contribution in [2.75, 3.05) is 13.2 Å². The number of ether oxygens (including phenoxy) is 4. The second kappa shape index (κ2) is 30.6. The summed E-state index contributed by atoms with van der Waals surface area (Å²) in [5, 5.41) is 7.37. The fourth-order valence-corrected chi connectivity index (χ4v) is 10.3. The van der Waals surface area contributed by atoms with Crippen LogP contribution in [-0.2, 0) is 22.3 Å². The van der Waals surface area contributed by atoms with E-state index >= 15 is 0 Å². The first-order chi connectivity index (χ1) is 34.5. The van der Waals surface area contributed by atoms with E-state index in [1.165, 1.54) is 101 Å². The maximum Gasteiger partial charge on any atom is 0.513 e. The lowest BCUT2D eigenvalue weighted by Crippen LogP contribution is -2.12. The highest BCUT2D eigenvalue weighted by atomic mass is 16.7. The molecule has 0 saturated heterocycles. The number of fused-ring (bicyclic) bond motifs is 4. The molecule has 0 bridgehead atoms. The molecule has 0 amide bonds. The molecule has 6 aromatic carbocycles. The molecular weight excluding hydrogens is 865 g/mol. The third kappa shape index (κ3) is 16.0. The number of unbranched alkanes of at least 4 members (excludes halogenated alkanes) is 22. The lowest BCUT2D eigenvalue weighted by Gasteiger charge is -2.22. The SMILES string of the molecule is CCCCCCCCCCCCOC(=O)Oc1c2ccccc2c(-c2c3ccccc3c(OC(=O)OCCCCCCCCCCCC)c3ccc(CCCCC)cc23)c2cc(CCCCC)ccc12. The second-order valence-electron chi connectivity index (χ2n) is 19.9. The summed E-state index contributed by atoms with van der Waals surface area (Å²) in [4.78, 5) is 27.3. The monoisotopic (exact) mass is 951 g/mol. The average molecular weight is 951 g/mol. The van der Waals surface area contributed by atoms with Gasteiger partial charge < -0.3 is 18.9 Å². The van der Waals surface area contributed by atoms with Gasteiger partial charge in [0.1, 0.15) is 11.5 Å². The number of hydrogen-bond donors (Lipinski definition) is 0. The summed E-state index contributed by atoms with van der Waals surface area (Å²) in [6.45, 7) is 9.67. The first-order valence-electron chi connectivity index (χ1n) is 28.1. The van der Waals surface area contributed by atoms with Gasteiger partial charge in [-0.3, -0.25) is 0 Å². The van der Waals surface area contributed by atoms with Gasteiger partial charge in [-0.25, -0.2) is 9.59 Å². The number of aryl methyl sites for hydroxylation is 2. The molecule has 0 heterocycles. The fraction of sp³-hybridized carbons (Fsp3) is 0.531. The number of carbonyl (C=O) groups excluding carboxylic acids is 2. The van der Waals surface area contributed by atoms with Gasteiger partial charge in [0, 0.05) is 21.5 Å². The van der Waals surface area contributed by atoms with Crippen molar-refractivity contribution in [1.82, 2.24) is 0 Å². The molecule has 6 aromatic rings. The van der Waals surface area contributed by atoms with Gasteiger partial charge >= 0.3 is 12.3 Å². The van der Waals surface area contributed by atoms with Crippen LogP contribution in [0.1, 0.15) is 206 Å². The van der Waals surface area contributed by atoms with Crippen LogP contribution in [-0.4, -0.2) is 25.5 Å². The molecule has 6 heteroatoms. The molecule has 0 fully saturated rings. The molecule has 0 spiro atoms. The third-order valence-electron chi connectivity index (χ3n) is 14.3. The van der Waals surface area contributed by atoms with E-state index in [1.54, 1.807) is 0 Å². The normalized spacial score (nSPS) is 11.5. The van der Waals surface area contributed by atoms with Crippen LogP contribution in [0, 0.1) is 0 Å². The molecule has 6 nitrogen and oxygen atoms in total. The molecule has 0 atom stereocenters. The van der Waals surface area contributed by atoms with E-state index in [-0.39, 0.29) is 0 Å². The zero-order valence-corrected chi connectivity index (χ0v) is 43.7. The van der Waals surface area contributed by atoms with Gasteiger partial charge in [0.15, 0.2) is 0 Å². The highest BCUT2D eigenvalue weighted by Gasteiger charge is 2.25. The first kappa shape index (κ1) is 54.2. The van der Waals surface area contributed by atoms with Crippen molar-refractivity contribution in [3.8, 4) is 22.6 Å². The van der Waals surface area contributed by atoms with Crippen molar-refractivity contribution in [2.45, 2.75) is 207 Å². The highest BCUT2D eigenvalue weighted by molar-refractivity contribution is 6.27. The Labute approximate surface area is 421 Å². The van der Waals surface area contributed by atoms with Gasteiger partial charge in [-0.1, -0.05) is 254 Å². The summed E-state index contributed by atoms with van der Waals surface area (Å²) in [5.41, 5.74) is 4.61. The minimum Gasteiger partial charge on any atom is -0.434 e. The summed E-state index contributed by atoms with van der Waals surface area (Å²) in [6, 6.07) is 29.9. The van der Waals surface area contributed by atoms with Crippen molar-refractivity contribution in [3.63, 3.8) is 0 Å². The van der Waals surface area contributed by atoms with E-state index in [0.717, 1.165) is 144 Å². The predicted octanol–water partition coefficient (Wildman–Crippen LogP) is 20.3. The van der Waals surface area contributed by atoms with Gasteiger partial charge in [0.05, 0.1) is 13.2 Å². The minimum absolute atomic E-state index is 0.338. The van der Waals surface area contributed by atoms with Crippen molar-refractivity contribution >= 4 is 55.4 Å². The maximum atomic E-state index is 13.7. The standard InChI is InChI=1S/C64H86O6/c1-5-9-13-15-17-19-21-23-25-33-45-67-63(65)69-61-53-39-31-29-37-51(53)59(57-47-49(35-27-11-7-3)41-43-55(57)61)60-52-38-30-32-40-54(52)62(56-44-42-50(48-58(56)60)36-28-12-8-4)70-64(66)68-46-34-26-24-22-20-18-16-14-10-6-2/h29-32,37-44,47-48H,5-28,33-36,45-46H2,1-4H3. The molecule has 0 unspecified atom stereocenters. The molecule has 0 aliphatic carbocycles. The van der Waals surface area contributed by atoms with Crippen LogP contribution < -0.4 is 9.47 Å². The Balaban J connectivity index is 1.34. The summed E-state index contributed by atoms with van der Waals surface area (Å²) in [6.07, 6.45) is 31.6. The Hall–Kier alpha value is -5.10. The Morgan fingerprint density at radius 2 is 0.629 bits per heavy atom. The largest absolute Gasteiger partial charge is 0.513 e. The lowest BCUT2D eigenvalue weighted by molar-refractivity contribution is 0.0972. The van der Waals surface area contributed by atoms with E-state index in [0.29, 0.717) is 24.7 Å². The van der Waals surface area contributed by atoms with E-state index in [2.05, 4.69) is 100 Å². The predicted molar refractivity (Wildman–Crippen MR) is 296 cm³/mol. The molecule has 0 aromatic heterocycles. The molecular formula is C64H86O6. The lowest BCUT2D eigenvalue weighted by atomic mass is 9.84. The van der Waals surface area contributed by atoms with Crippen molar-refractivity contribution in [1.29, 1.82) is 0 Å². The molecule has 0 radical (unpaired) electrons. The Bertz CT molecular complexity index is 2350. The Morgan fingerprint density at radius 3 is 0.986 bits per heavy atom. The van der Waals surface area contributed by atoms with E-state index in [1.807, 2.05) is 12.1 Å². The molecule has 70 heavy (non-hydrogen) atoms. The number of rotatable bonds is 33.